The van der Waals surface area contributed by atoms with Crippen LogP contribution in [0.25, 0.3) is 22.5 Å². The van der Waals surface area contributed by atoms with E-state index in [4.69, 9.17) is 13.9 Å². The van der Waals surface area contributed by atoms with Crippen LogP contribution in [0.4, 0.5) is 0 Å². The first kappa shape index (κ1) is 22.8. The first-order valence-corrected chi connectivity index (χ1v) is 11.1. The molecule has 0 N–H and O–H groups in total. The molecule has 8 heteroatoms. The summed E-state index contributed by atoms with van der Waals surface area (Å²) in [5.41, 5.74) is 2.30. The van der Waals surface area contributed by atoms with Crippen LogP contribution in [0.15, 0.2) is 99.4 Å². The molecule has 3 aromatic carbocycles. The zero-order valence-electron chi connectivity index (χ0n) is 19.5. The highest BCUT2D eigenvalue weighted by Gasteiger charge is 2.15. The number of aryl methyl sites for hydroxylation is 1. The molecule has 178 valence electrons. The quantitative estimate of drug-likeness (QED) is 0.192. The van der Waals surface area contributed by atoms with Crippen LogP contribution in [0.5, 0.6) is 11.5 Å². The van der Waals surface area contributed by atoms with Crippen LogP contribution in [0.3, 0.4) is 0 Å². The summed E-state index contributed by atoms with van der Waals surface area (Å²) in [5.74, 6) is 0.795. The number of ether oxygens (including phenoxy) is 2. The van der Waals surface area contributed by atoms with Crippen molar-refractivity contribution in [3.8, 4) is 23.1 Å². The van der Waals surface area contributed by atoms with Crippen molar-refractivity contribution in [2.45, 2.75) is 6.92 Å². The average molecular weight is 479 g/mol. The minimum atomic E-state index is -0.494. The minimum absolute atomic E-state index is 0.265. The Balaban J connectivity index is 1.48. The smallest absolute Gasteiger partial charge is 0.343 e. The zero-order chi connectivity index (χ0) is 25.1. The van der Waals surface area contributed by atoms with Crippen molar-refractivity contribution in [3.63, 3.8) is 0 Å². The van der Waals surface area contributed by atoms with Gasteiger partial charge in [-0.15, -0.1) is 0 Å². The molecule has 0 saturated carbocycles. The van der Waals surface area contributed by atoms with E-state index in [1.807, 2.05) is 25.1 Å². The topological polar surface area (TPSA) is 95.9 Å². The molecule has 0 radical (unpaired) electrons. The third-order valence-corrected chi connectivity index (χ3v) is 5.50. The first-order valence-electron chi connectivity index (χ1n) is 11.1. The number of carbonyl (C=O) groups excluding carboxylic acids is 1. The van der Waals surface area contributed by atoms with E-state index >= 15 is 0 Å². The van der Waals surface area contributed by atoms with Gasteiger partial charge in [-0.25, -0.2) is 9.78 Å². The van der Waals surface area contributed by atoms with Gasteiger partial charge in [-0.3, -0.25) is 4.79 Å². The predicted molar refractivity (Wildman–Crippen MR) is 136 cm³/mol. The lowest BCUT2D eigenvalue weighted by Gasteiger charge is -2.10. The number of hydrogen-bond donors (Lipinski definition) is 0. The van der Waals surface area contributed by atoms with Gasteiger partial charge in [-0.1, -0.05) is 29.8 Å². The summed E-state index contributed by atoms with van der Waals surface area (Å²) in [6.07, 6.45) is 3.00. The molecule has 0 spiro atoms. The summed E-state index contributed by atoms with van der Waals surface area (Å²) < 4.78 is 17.6. The number of fused-ring (bicyclic) bond motifs is 1. The van der Waals surface area contributed by atoms with Crippen molar-refractivity contribution in [1.29, 1.82) is 0 Å². The molecule has 0 bridgehead atoms. The number of methoxy groups -OCH3 is 1. The maximum atomic E-state index is 13.2. The summed E-state index contributed by atoms with van der Waals surface area (Å²) in [4.78, 5) is 30.3. The van der Waals surface area contributed by atoms with Gasteiger partial charge >= 0.3 is 5.97 Å². The van der Waals surface area contributed by atoms with E-state index in [0.717, 1.165) is 5.56 Å². The second kappa shape index (κ2) is 9.71. The third-order valence-electron chi connectivity index (χ3n) is 5.50. The fraction of sp³-hybridized carbons (Fsp3) is 0.0714. The highest BCUT2D eigenvalue weighted by Crippen LogP contribution is 2.28. The van der Waals surface area contributed by atoms with Crippen LogP contribution < -0.4 is 15.0 Å². The second-order valence-electron chi connectivity index (χ2n) is 7.96. The number of nitrogens with zero attached hydrogens (tertiary/aromatic N) is 3. The molecule has 0 aliphatic rings. The maximum Gasteiger partial charge on any atom is 0.343 e. The first-order chi connectivity index (χ1) is 17.5. The lowest BCUT2D eigenvalue weighted by molar-refractivity contribution is 0.0729. The largest absolute Gasteiger partial charge is 0.493 e. The lowest BCUT2D eigenvalue weighted by atomic mass is 10.1. The van der Waals surface area contributed by atoms with E-state index in [9.17, 15) is 9.59 Å². The second-order valence-corrected chi connectivity index (χ2v) is 7.96. The molecule has 2 heterocycles. The van der Waals surface area contributed by atoms with Crippen LogP contribution in [-0.2, 0) is 0 Å². The van der Waals surface area contributed by atoms with Gasteiger partial charge in [0, 0.05) is 0 Å². The highest BCUT2D eigenvalue weighted by atomic mass is 16.6. The van der Waals surface area contributed by atoms with Crippen LogP contribution in [0.1, 0.15) is 21.5 Å². The molecule has 0 atom stereocenters. The van der Waals surface area contributed by atoms with Gasteiger partial charge in [0.25, 0.3) is 5.56 Å². The van der Waals surface area contributed by atoms with Crippen molar-refractivity contribution in [3.05, 3.63) is 112 Å². The fourth-order valence-corrected chi connectivity index (χ4v) is 3.62. The number of hydrogen-bond acceptors (Lipinski definition) is 7. The van der Waals surface area contributed by atoms with Gasteiger partial charge < -0.3 is 13.9 Å². The molecule has 0 aliphatic heterocycles. The average Bonchev–Trinajstić information content (AvgIpc) is 3.44. The van der Waals surface area contributed by atoms with Gasteiger partial charge in [0.05, 0.1) is 36.1 Å². The van der Waals surface area contributed by atoms with E-state index < -0.39 is 5.97 Å². The zero-order valence-corrected chi connectivity index (χ0v) is 19.5. The summed E-state index contributed by atoms with van der Waals surface area (Å²) >= 11 is 0. The molecule has 0 aliphatic carbocycles. The molecule has 0 fully saturated rings. The molecule has 2 aromatic heterocycles. The molecule has 0 saturated heterocycles. The fourth-order valence-electron chi connectivity index (χ4n) is 3.62. The Labute approximate surface area is 206 Å². The van der Waals surface area contributed by atoms with E-state index in [1.165, 1.54) is 24.3 Å². The van der Waals surface area contributed by atoms with Crippen molar-refractivity contribution >= 4 is 23.1 Å². The van der Waals surface area contributed by atoms with E-state index in [1.54, 1.807) is 60.7 Å². The van der Waals surface area contributed by atoms with Crippen molar-refractivity contribution in [2.24, 2.45) is 5.10 Å². The van der Waals surface area contributed by atoms with Crippen LogP contribution in [0.2, 0.25) is 0 Å². The number of esters is 1. The summed E-state index contributed by atoms with van der Waals surface area (Å²) in [5, 5.41) is 4.83. The minimum Gasteiger partial charge on any atom is -0.493 e. The van der Waals surface area contributed by atoms with Gasteiger partial charge in [-0.05, 0) is 67.1 Å². The number of furan rings is 1. The molecular weight excluding hydrogens is 458 g/mol. The summed E-state index contributed by atoms with van der Waals surface area (Å²) in [7, 11) is 1.48. The Bertz CT molecular complexity index is 1630. The summed E-state index contributed by atoms with van der Waals surface area (Å²) in [6.45, 7) is 1.94. The Morgan fingerprint density at radius 2 is 1.81 bits per heavy atom. The maximum absolute atomic E-state index is 13.2. The van der Waals surface area contributed by atoms with Gasteiger partial charge in [0.15, 0.2) is 17.3 Å². The molecule has 8 nitrogen and oxygen atoms in total. The van der Waals surface area contributed by atoms with Gasteiger partial charge in [0.2, 0.25) is 5.82 Å². The Morgan fingerprint density at radius 1 is 1.00 bits per heavy atom. The molecule has 36 heavy (non-hydrogen) atoms. The summed E-state index contributed by atoms with van der Waals surface area (Å²) in [6, 6.07) is 22.5. The van der Waals surface area contributed by atoms with Crippen LogP contribution >= 0.6 is 0 Å². The number of benzene rings is 3. The predicted octanol–water partition coefficient (Wildman–Crippen LogP) is 5.07. The van der Waals surface area contributed by atoms with Crippen LogP contribution in [-0.4, -0.2) is 29.0 Å². The molecule has 5 aromatic rings. The number of rotatable bonds is 6. The van der Waals surface area contributed by atoms with Crippen molar-refractivity contribution < 1.29 is 18.7 Å². The van der Waals surface area contributed by atoms with Gasteiger partial charge in [0.1, 0.15) is 0 Å². The molecule has 0 amide bonds. The number of aromatic nitrogens is 2. The molecule has 0 unspecified atom stereocenters. The van der Waals surface area contributed by atoms with Gasteiger partial charge in [-0.2, -0.15) is 9.78 Å². The van der Waals surface area contributed by atoms with Crippen LogP contribution in [0, 0.1) is 6.92 Å². The van der Waals surface area contributed by atoms with E-state index in [-0.39, 0.29) is 17.1 Å². The van der Waals surface area contributed by atoms with Crippen molar-refractivity contribution in [2.75, 3.05) is 7.11 Å². The standard InChI is InChI=1S/C28H21N3O5/c1-18-9-12-20(13-10-18)28(33)36-23-14-11-19(16-25(23)34-2)17-29-31-26(24-8-5-15-35-24)30-22-7-4-3-6-21(22)27(31)32/h3-17H,1-2H3. The Kier molecular flexibility index (Phi) is 6.15. The monoisotopic (exact) mass is 479 g/mol. The third kappa shape index (κ3) is 4.52. The normalized spacial score (nSPS) is 11.2. The molecular formula is C28H21N3O5. The van der Waals surface area contributed by atoms with E-state index in [0.29, 0.717) is 33.5 Å². The Hall–Kier alpha value is -4.98. The number of para-hydroxylation sites is 1. The Morgan fingerprint density at radius 3 is 2.56 bits per heavy atom. The highest BCUT2D eigenvalue weighted by molar-refractivity contribution is 5.91. The number of carbonyl (C=O) groups is 1. The van der Waals surface area contributed by atoms with E-state index in [2.05, 4.69) is 10.1 Å². The van der Waals surface area contributed by atoms with Crippen molar-refractivity contribution in [1.82, 2.24) is 9.66 Å². The SMILES string of the molecule is COc1cc(C=Nn2c(-c3ccco3)nc3ccccc3c2=O)ccc1OC(=O)c1ccc(C)cc1. The molecule has 5 rings (SSSR count). The lowest BCUT2D eigenvalue weighted by Crippen LogP contribution is -2.20.